The summed E-state index contributed by atoms with van der Waals surface area (Å²) in [6.45, 7) is 3.17. The maximum absolute atomic E-state index is 13.1. The molecular formula is C22H29N3O2. The zero-order valence-electron chi connectivity index (χ0n) is 16.2. The van der Waals surface area contributed by atoms with Gasteiger partial charge in [0.05, 0.1) is 5.56 Å². The van der Waals surface area contributed by atoms with Crippen molar-refractivity contribution in [1.82, 2.24) is 14.4 Å². The first-order valence-electron chi connectivity index (χ1n) is 10.3. The van der Waals surface area contributed by atoms with Crippen molar-refractivity contribution < 1.29 is 9.59 Å². The van der Waals surface area contributed by atoms with Crippen molar-refractivity contribution in [3.8, 4) is 0 Å². The predicted octanol–water partition coefficient (Wildman–Crippen LogP) is 3.43. The number of amides is 2. The summed E-state index contributed by atoms with van der Waals surface area (Å²) >= 11 is 0. The van der Waals surface area contributed by atoms with E-state index < -0.39 is 0 Å². The SMILES string of the molecule is Cn1cc(C(=O)N2CCC(C(=O)N3CCCCCC3)CC2)c2ccccc21. The number of para-hydroxylation sites is 1. The van der Waals surface area contributed by atoms with E-state index in [0.717, 1.165) is 55.2 Å². The van der Waals surface area contributed by atoms with Crippen molar-refractivity contribution in [2.45, 2.75) is 38.5 Å². The van der Waals surface area contributed by atoms with Crippen molar-refractivity contribution in [2.24, 2.45) is 13.0 Å². The van der Waals surface area contributed by atoms with Gasteiger partial charge < -0.3 is 14.4 Å². The van der Waals surface area contributed by atoms with Crippen LogP contribution in [0.1, 0.15) is 48.9 Å². The molecule has 2 aliphatic rings. The summed E-state index contributed by atoms with van der Waals surface area (Å²) in [4.78, 5) is 29.9. The van der Waals surface area contributed by atoms with Gasteiger partial charge in [0.25, 0.3) is 5.91 Å². The normalized spacial score (nSPS) is 19.3. The van der Waals surface area contributed by atoms with Gasteiger partial charge in [-0.2, -0.15) is 0 Å². The first-order chi connectivity index (χ1) is 13.1. The highest BCUT2D eigenvalue weighted by Gasteiger charge is 2.31. The summed E-state index contributed by atoms with van der Waals surface area (Å²) in [5.41, 5.74) is 1.84. The maximum atomic E-state index is 13.1. The van der Waals surface area contributed by atoms with Crippen molar-refractivity contribution in [3.63, 3.8) is 0 Å². The lowest BCUT2D eigenvalue weighted by atomic mass is 9.94. The van der Waals surface area contributed by atoms with Crippen molar-refractivity contribution in [1.29, 1.82) is 0 Å². The number of hydrogen-bond acceptors (Lipinski definition) is 2. The Labute approximate surface area is 160 Å². The summed E-state index contributed by atoms with van der Waals surface area (Å²) in [6, 6.07) is 8.03. The fourth-order valence-electron chi connectivity index (χ4n) is 4.56. The molecular weight excluding hydrogens is 338 g/mol. The lowest BCUT2D eigenvalue weighted by Gasteiger charge is -2.34. The van der Waals surface area contributed by atoms with Crippen LogP contribution in [0.2, 0.25) is 0 Å². The maximum Gasteiger partial charge on any atom is 0.256 e. The lowest BCUT2D eigenvalue weighted by Crippen LogP contribution is -2.44. The number of nitrogens with zero attached hydrogens (tertiary/aromatic N) is 3. The largest absolute Gasteiger partial charge is 0.350 e. The Hall–Kier alpha value is -2.30. The number of benzene rings is 1. The van der Waals surface area contributed by atoms with E-state index in [9.17, 15) is 9.59 Å². The molecule has 3 heterocycles. The van der Waals surface area contributed by atoms with Crippen molar-refractivity contribution in [2.75, 3.05) is 26.2 Å². The van der Waals surface area contributed by atoms with E-state index in [1.807, 2.05) is 47.0 Å². The molecule has 1 aromatic carbocycles. The van der Waals surface area contributed by atoms with Gasteiger partial charge in [-0.25, -0.2) is 0 Å². The number of aryl methyl sites for hydroxylation is 1. The third-order valence-electron chi connectivity index (χ3n) is 6.18. The Morgan fingerprint density at radius 1 is 0.889 bits per heavy atom. The highest BCUT2D eigenvalue weighted by Crippen LogP contribution is 2.26. The van der Waals surface area contributed by atoms with Gasteiger partial charge >= 0.3 is 0 Å². The Kier molecular flexibility index (Phi) is 5.19. The van der Waals surface area contributed by atoms with E-state index in [2.05, 4.69) is 4.90 Å². The molecule has 5 nitrogen and oxygen atoms in total. The van der Waals surface area contributed by atoms with Gasteiger partial charge in [-0.3, -0.25) is 9.59 Å². The zero-order valence-corrected chi connectivity index (χ0v) is 16.2. The van der Waals surface area contributed by atoms with Gasteiger partial charge in [0, 0.05) is 56.2 Å². The molecule has 2 aromatic rings. The monoisotopic (exact) mass is 367 g/mol. The molecule has 2 aliphatic heterocycles. The van der Waals surface area contributed by atoms with E-state index in [1.165, 1.54) is 12.8 Å². The molecule has 0 aliphatic carbocycles. The third-order valence-corrected chi connectivity index (χ3v) is 6.18. The van der Waals surface area contributed by atoms with Crippen LogP contribution in [-0.2, 0) is 11.8 Å². The van der Waals surface area contributed by atoms with Crippen LogP contribution in [-0.4, -0.2) is 52.4 Å². The van der Waals surface area contributed by atoms with Crippen LogP contribution in [0.25, 0.3) is 10.9 Å². The number of likely N-dealkylation sites (tertiary alicyclic amines) is 2. The zero-order chi connectivity index (χ0) is 18.8. The molecule has 0 bridgehead atoms. The van der Waals surface area contributed by atoms with E-state index in [0.29, 0.717) is 19.0 Å². The second-order valence-corrected chi connectivity index (χ2v) is 7.98. The van der Waals surface area contributed by atoms with E-state index in [4.69, 9.17) is 0 Å². The molecule has 4 rings (SSSR count). The second-order valence-electron chi connectivity index (χ2n) is 7.98. The molecule has 2 amide bonds. The van der Waals surface area contributed by atoms with E-state index in [1.54, 1.807) is 0 Å². The van der Waals surface area contributed by atoms with Crippen LogP contribution in [0.15, 0.2) is 30.5 Å². The summed E-state index contributed by atoms with van der Waals surface area (Å²) in [5, 5.41) is 1.01. The van der Waals surface area contributed by atoms with Crippen LogP contribution >= 0.6 is 0 Å². The predicted molar refractivity (Wildman–Crippen MR) is 107 cm³/mol. The standard InChI is InChI=1S/C22H29N3O2/c1-23-16-19(18-8-4-5-9-20(18)23)22(27)25-14-10-17(11-15-25)21(26)24-12-6-2-3-7-13-24/h4-5,8-9,16-17H,2-3,6-7,10-15H2,1H3. The van der Waals surface area contributed by atoms with Gasteiger partial charge in [0.1, 0.15) is 0 Å². The Balaban J connectivity index is 1.41. The highest BCUT2D eigenvalue weighted by molar-refractivity contribution is 6.07. The van der Waals surface area contributed by atoms with E-state index >= 15 is 0 Å². The van der Waals surface area contributed by atoms with Gasteiger partial charge in [0.15, 0.2) is 0 Å². The molecule has 0 N–H and O–H groups in total. The van der Waals surface area contributed by atoms with Crippen LogP contribution in [0.4, 0.5) is 0 Å². The molecule has 2 fully saturated rings. The molecule has 0 unspecified atom stereocenters. The molecule has 0 atom stereocenters. The molecule has 27 heavy (non-hydrogen) atoms. The Bertz CT molecular complexity index is 825. The van der Waals surface area contributed by atoms with Crippen LogP contribution in [0.5, 0.6) is 0 Å². The number of carbonyl (C=O) groups is 2. The summed E-state index contributed by atoms with van der Waals surface area (Å²) in [5.74, 6) is 0.487. The molecule has 0 saturated carbocycles. The van der Waals surface area contributed by atoms with Gasteiger partial charge in [-0.15, -0.1) is 0 Å². The number of piperidine rings is 1. The smallest absolute Gasteiger partial charge is 0.256 e. The summed E-state index contributed by atoms with van der Waals surface area (Å²) in [6.07, 6.45) is 8.23. The quantitative estimate of drug-likeness (QED) is 0.816. The molecule has 1 aromatic heterocycles. The minimum Gasteiger partial charge on any atom is -0.350 e. The molecule has 2 saturated heterocycles. The minimum absolute atomic E-state index is 0.0830. The van der Waals surface area contributed by atoms with Crippen molar-refractivity contribution >= 4 is 22.7 Å². The summed E-state index contributed by atoms with van der Waals surface area (Å²) in [7, 11) is 1.98. The number of aromatic nitrogens is 1. The molecule has 0 radical (unpaired) electrons. The molecule has 0 spiro atoms. The van der Waals surface area contributed by atoms with E-state index in [-0.39, 0.29) is 11.8 Å². The fraction of sp³-hybridized carbons (Fsp3) is 0.545. The summed E-state index contributed by atoms with van der Waals surface area (Å²) < 4.78 is 2.01. The number of carbonyl (C=O) groups excluding carboxylic acids is 2. The average molecular weight is 367 g/mol. The number of hydrogen-bond donors (Lipinski definition) is 0. The second kappa shape index (κ2) is 7.75. The fourth-order valence-corrected chi connectivity index (χ4v) is 4.56. The molecule has 5 heteroatoms. The minimum atomic E-state index is 0.0830. The van der Waals surface area contributed by atoms with Gasteiger partial charge in [-0.1, -0.05) is 31.0 Å². The first kappa shape index (κ1) is 18.1. The Morgan fingerprint density at radius 2 is 1.56 bits per heavy atom. The van der Waals surface area contributed by atoms with Gasteiger partial charge in [0.2, 0.25) is 5.91 Å². The molecule has 144 valence electrons. The highest BCUT2D eigenvalue weighted by atomic mass is 16.2. The van der Waals surface area contributed by atoms with Crippen LogP contribution in [0.3, 0.4) is 0 Å². The first-order valence-corrected chi connectivity index (χ1v) is 10.3. The average Bonchev–Trinajstić information content (AvgIpc) is 2.88. The van der Waals surface area contributed by atoms with Crippen molar-refractivity contribution in [3.05, 3.63) is 36.0 Å². The Morgan fingerprint density at radius 3 is 2.26 bits per heavy atom. The third kappa shape index (κ3) is 3.60. The topological polar surface area (TPSA) is 45.6 Å². The van der Waals surface area contributed by atoms with Crippen LogP contribution in [0, 0.1) is 5.92 Å². The number of rotatable bonds is 2. The van der Waals surface area contributed by atoms with Gasteiger partial charge in [-0.05, 0) is 31.7 Å². The number of fused-ring (bicyclic) bond motifs is 1. The lowest BCUT2D eigenvalue weighted by molar-refractivity contribution is -0.136. The van der Waals surface area contributed by atoms with Crippen LogP contribution < -0.4 is 0 Å².